The third-order valence-corrected chi connectivity index (χ3v) is 6.04. The second-order valence-electron chi connectivity index (χ2n) is 8.03. The summed E-state index contributed by atoms with van der Waals surface area (Å²) >= 11 is 0. The topological polar surface area (TPSA) is 52.0 Å². The summed E-state index contributed by atoms with van der Waals surface area (Å²) in [6.45, 7) is 10.2. The Labute approximate surface area is 183 Å². The van der Waals surface area contributed by atoms with Crippen LogP contribution in [-0.4, -0.2) is 67.0 Å². The molecule has 3 aromatic rings. The fourth-order valence-electron chi connectivity index (χ4n) is 4.40. The summed E-state index contributed by atoms with van der Waals surface area (Å²) < 4.78 is 19.2. The molecular formula is C24H30N4O3. The zero-order chi connectivity index (χ0) is 21.0. The number of aryl methyl sites for hydroxylation is 1. The number of hydrogen-bond acceptors (Lipinski definition) is 6. The van der Waals surface area contributed by atoms with Gasteiger partial charge in [0.05, 0.1) is 24.0 Å². The predicted molar refractivity (Wildman–Crippen MR) is 122 cm³/mol. The molecule has 0 saturated carbocycles. The van der Waals surface area contributed by atoms with Gasteiger partial charge in [-0.1, -0.05) is 0 Å². The Bertz CT molecular complexity index is 1030. The van der Waals surface area contributed by atoms with E-state index in [1.54, 1.807) is 0 Å². The molecule has 7 nitrogen and oxygen atoms in total. The van der Waals surface area contributed by atoms with Crippen molar-refractivity contribution >= 4 is 16.7 Å². The highest BCUT2D eigenvalue weighted by Gasteiger charge is 2.19. The van der Waals surface area contributed by atoms with Crippen molar-refractivity contribution in [3.8, 4) is 17.2 Å². The number of aromatic nitrogens is 2. The Balaban J connectivity index is 1.11. The molecule has 1 saturated heterocycles. The van der Waals surface area contributed by atoms with Crippen LogP contribution in [0.3, 0.4) is 0 Å². The molecule has 0 unspecified atom stereocenters. The van der Waals surface area contributed by atoms with Gasteiger partial charge in [0.25, 0.3) is 0 Å². The van der Waals surface area contributed by atoms with Gasteiger partial charge in [0.1, 0.15) is 19.0 Å². The van der Waals surface area contributed by atoms with Crippen molar-refractivity contribution < 1.29 is 14.2 Å². The van der Waals surface area contributed by atoms with Crippen LogP contribution in [-0.2, 0) is 6.54 Å². The highest BCUT2D eigenvalue weighted by molar-refractivity contribution is 5.77. The van der Waals surface area contributed by atoms with Crippen LogP contribution in [0.15, 0.2) is 42.7 Å². The number of ether oxygens (including phenoxy) is 3. The molecule has 0 radical (unpaired) electrons. The third kappa shape index (κ3) is 4.42. The first-order valence-electron chi connectivity index (χ1n) is 11.2. The van der Waals surface area contributed by atoms with Gasteiger partial charge < -0.3 is 23.7 Å². The molecular weight excluding hydrogens is 392 g/mol. The molecule has 2 aliphatic rings. The van der Waals surface area contributed by atoms with E-state index in [9.17, 15) is 0 Å². The third-order valence-electron chi connectivity index (χ3n) is 6.04. The van der Waals surface area contributed by atoms with Crippen molar-refractivity contribution in [2.24, 2.45) is 0 Å². The Morgan fingerprint density at radius 3 is 2.61 bits per heavy atom. The van der Waals surface area contributed by atoms with E-state index in [1.165, 1.54) is 11.2 Å². The minimum absolute atomic E-state index is 0.629. The molecule has 3 heterocycles. The van der Waals surface area contributed by atoms with Crippen molar-refractivity contribution in [2.45, 2.75) is 19.9 Å². The summed E-state index contributed by atoms with van der Waals surface area (Å²) in [5.74, 6) is 2.61. The van der Waals surface area contributed by atoms with Gasteiger partial charge in [-0.25, -0.2) is 4.98 Å². The molecule has 5 rings (SSSR count). The standard InChI is InChI=1S/C24H30N4O3/c1-2-29-20-5-6-22-21(17-20)25-18-28(22)9-3-8-26-10-12-27(13-11-26)19-4-7-23-24(16-19)31-15-14-30-23/h4-7,16-18H,2-3,8-15H2,1H3. The highest BCUT2D eigenvalue weighted by atomic mass is 16.6. The lowest BCUT2D eigenvalue weighted by atomic mass is 10.2. The monoisotopic (exact) mass is 422 g/mol. The summed E-state index contributed by atoms with van der Waals surface area (Å²) in [5.41, 5.74) is 3.39. The van der Waals surface area contributed by atoms with Crippen LogP contribution < -0.4 is 19.1 Å². The van der Waals surface area contributed by atoms with E-state index in [4.69, 9.17) is 14.2 Å². The number of piperazine rings is 1. The van der Waals surface area contributed by atoms with E-state index in [0.29, 0.717) is 19.8 Å². The van der Waals surface area contributed by atoms with Gasteiger partial charge in [-0.05, 0) is 44.2 Å². The van der Waals surface area contributed by atoms with Crippen LogP contribution in [0.2, 0.25) is 0 Å². The predicted octanol–water partition coefficient (Wildman–Crippen LogP) is 3.42. The highest BCUT2D eigenvalue weighted by Crippen LogP contribution is 2.34. The van der Waals surface area contributed by atoms with Crippen LogP contribution in [0.4, 0.5) is 5.69 Å². The largest absolute Gasteiger partial charge is 0.494 e. The van der Waals surface area contributed by atoms with Crippen LogP contribution in [0.25, 0.3) is 11.0 Å². The molecule has 164 valence electrons. The van der Waals surface area contributed by atoms with Gasteiger partial charge in [0.15, 0.2) is 11.5 Å². The molecule has 0 amide bonds. The lowest BCUT2D eigenvalue weighted by Gasteiger charge is -2.36. The van der Waals surface area contributed by atoms with E-state index in [2.05, 4.69) is 37.5 Å². The first-order valence-corrected chi connectivity index (χ1v) is 11.2. The second kappa shape index (κ2) is 9.06. The Hall–Kier alpha value is -2.93. The Morgan fingerprint density at radius 1 is 0.935 bits per heavy atom. The first kappa shape index (κ1) is 20.0. The van der Waals surface area contributed by atoms with E-state index in [0.717, 1.165) is 68.5 Å². The minimum Gasteiger partial charge on any atom is -0.494 e. The lowest BCUT2D eigenvalue weighted by molar-refractivity contribution is 0.171. The number of nitrogens with zero attached hydrogens (tertiary/aromatic N) is 4. The summed E-state index contributed by atoms with van der Waals surface area (Å²) in [7, 11) is 0. The van der Waals surface area contributed by atoms with Gasteiger partial charge in [-0.2, -0.15) is 0 Å². The quantitative estimate of drug-likeness (QED) is 0.582. The van der Waals surface area contributed by atoms with Gasteiger partial charge in [-0.3, -0.25) is 4.90 Å². The number of benzene rings is 2. The number of fused-ring (bicyclic) bond motifs is 2. The average molecular weight is 423 g/mol. The maximum absolute atomic E-state index is 5.74. The molecule has 7 heteroatoms. The molecule has 0 N–H and O–H groups in total. The molecule has 31 heavy (non-hydrogen) atoms. The van der Waals surface area contributed by atoms with Crippen molar-refractivity contribution in [3.05, 3.63) is 42.7 Å². The fraction of sp³-hybridized carbons (Fsp3) is 0.458. The summed E-state index contributed by atoms with van der Waals surface area (Å²) in [6.07, 6.45) is 3.06. The van der Waals surface area contributed by atoms with Crippen LogP contribution in [0.5, 0.6) is 17.2 Å². The fourth-order valence-corrected chi connectivity index (χ4v) is 4.40. The van der Waals surface area contributed by atoms with Crippen molar-refractivity contribution in [2.75, 3.05) is 57.4 Å². The van der Waals surface area contributed by atoms with Gasteiger partial charge in [0.2, 0.25) is 0 Å². The number of rotatable bonds is 7. The zero-order valence-electron chi connectivity index (χ0n) is 18.1. The molecule has 0 bridgehead atoms. The number of hydrogen-bond donors (Lipinski definition) is 0. The Kier molecular flexibility index (Phi) is 5.84. The molecule has 0 spiro atoms. The number of imidazole rings is 1. The van der Waals surface area contributed by atoms with E-state index < -0.39 is 0 Å². The zero-order valence-corrected chi connectivity index (χ0v) is 18.1. The van der Waals surface area contributed by atoms with Crippen LogP contribution >= 0.6 is 0 Å². The van der Waals surface area contributed by atoms with Gasteiger partial charge in [0, 0.05) is 50.5 Å². The lowest BCUT2D eigenvalue weighted by Crippen LogP contribution is -2.46. The normalized spacial score (nSPS) is 16.6. The summed E-state index contributed by atoms with van der Waals surface area (Å²) in [4.78, 5) is 9.54. The van der Waals surface area contributed by atoms with Crippen LogP contribution in [0.1, 0.15) is 13.3 Å². The molecule has 0 aliphatic carbocycles. The molecule has 1 aromatic heterocycles. The summed E-state index contributed by atoms with van der Waals surface area (Å²) in [5, 5.41) is 0. The molecule has 2 aliphatic heterocycles. The van der Waals surface area contributed by atoms with Crippen molar-refractivity contribution in [1.29, 1.82) is 0 Å². The van der Waals surface area contributed by atoms with Crippen LogP contribution in [0, 0.1) is 0 Å². The molecule has 2 aromatic carbocycles. The number of anilines is 1. The smallest absolute Gasteiger partial charge is 0.163 e. The SMILES string of the molecule is CCOc1ccc2c(c1)ncn2CCCN1CCN(c2ccc3c(c2)OCCO3)CC1. The maximum atomic E-state index is 5.74. The van der Waals surface area contributed by atoms with E-state index in [-0.39, 0.29) is 0 Å². The van der Waals surface area contributed by atoms with E-state index >= 15 is 0 Å². The maximum Gasteiger partial charge on any atom is 0.163 e. The van der Waals surface area contributed by atoms with Gasteiger partial charge in [-0.15, -0.1) is 0 Å². The van der Waals surface area contributed by atoms with Gasteiger partial charge >= 0.3 is 0 Å². The minimum atomic E-state index is 0.629. The summed E-state index contributed by atoms with van der Waals surface area (Å²) in [6, 6.07) is 12.4. The molecule has 1 fully saturated rings. The van der Waals surface area contributed by atoms with Crippen molar-refractivity contribution in [1.82, 2.24) is 14.5 Å². The first-order chi connectivity index (χ1) is 15.3. The van der Waals surface area contributed by atoms with E-state index in [1.807, 2.05) is 31.5 Å². The molecule has 0 atom stereocenters. The average Bonchev–Trinajstić information content (AvgIpc) is 3.22. The second-order valence-corrected chi connectivity index (χ2v) is 8.03. The Morgan fingerprint density at radius 2 is 1.77 bits per heavy atom. The van der Waals surface area contributed by atoms with Crippen molar-refractivity contribution in [3.63, 3.8) is 0 Å².